The first-order chi connectivity index (χ1) is 9.24. The van der Waals surface area contributed by atoms with Crippen molar-refractivity contribution in [2.45, 2.75) is 6.04 Å². The Hall–Kier alpha value is -1.39. The second-order valence-corrected chi connectivity index (χ2v) is 5.20. The lowest BCUT2D eigenvalue weighted by Gasteiger charge is -2.18. The third-order valence-electron chi connectivity index (χ3n) is 2.84. The van der Waals surface area contributed by atoms with Crippen molar-refractivity contribution in [2.75, 3.05) is 7.11 Å². The Bertz CT molecular complexity index is 574. The summed E-state index contributed by atoms with van der Waals surface area (Å²) in [7, 11) is 1.67. The molecule has 2 rings (SSSR count). The molecule has 2 aromatic carbocycles. The Morgan fingerprint density at radius 1 is 1.16 bits per heavy atom. The zero-order valence-corrected chi connectivity index (χ0v) is 12.9. The summed E-state index contributed by atoms with van der Waals surface area (Å²) in [6.45, 7) is 0. The number of hydrogen-bond donors (Lipinski definition) is 1. The van der Waals surface area contributed by atoms with Crippen LogP contribution >= 0.6 is 28.1 Å². The Labute approximate surface area is 126 Å². The second-order valence-electron chi connectivity index (χ2n) is 4.05. The average Bonchev–Trinajstić information content (AvgIpc) is 2.45. The molecular formula is C15H14BrNOS. The van der Waals surface area contributed by atoms with Gasteiger partial charge in [0, 0.05) is 4.47 Å². The van der Waals surface area contributed by atoms with Gasteiger partial charge in [-0.2, -0.15) is 0 Å². The molecule has 0 aliphatic rings. The molecule has 0 heterocycles. The fourth-order valence-electron chi connectivity index (χ4n) is 1.96. The first kappa shape index (κ1) is 14.0. The first-order valence-corrected chi connectivity index (χ1v) is 7.10. The van der Waals surface area contributed by atoms with Crippen molar-refractivity contribution in [3.8, 4) is 5.75 Å². The molecule has 0 saturated carbocycles. The van der Waals surface area contributed by atoms with E-state index in [1.165, 1.54) is 0 Å². The van der Waals surface area contributed by atoms with Crippen molar-refractivity contribution in [3.05, 3.63) is 64.1 Å². The van der Waals surface area contributed by atoms with Crippen LogP contribution in [0.4, 0.5) is 0 Å². The molecule has 0 radical (unpaired) electrons. The lowest BCUT2D eigenvalue weighted by Crippen LogP contribution is -2.19. The van der Waals surface area contributed by atoms with E-state index in [0.29, 0.717) is 0 Å². The topological polar surface area (TPSA) is 21.3 Å². The summed E-state index contributed by atoms with van der Waals surface area (Å²) >= 11 is 8.44. The summed E-state index contributed by atoms with van der Waals surface area (Å²) in [4.78, 5) is 0. The van der Waals surface area contributed by atoms with E-state index in [2.05, 4.69) is 39.4 Å². The molecule has 0 aliphatic carbocycles. The molecule has 0 amide bonds. The van der Waals surface area contributed by atoms with Crippen LogP contribution in [0.2, 0.25) is 0 Å². The molecule has 98 valence electrons. The number of benzene rings is 2. The van der Waals surface area contributed by atoms with Crippen molar-refractivity contribution in [2.24, 2.45) is 0 Å². The van der Waals surface area contributed by atoms with Crippen LogP contribution in [-0.4, -0.2) is 12.6 Å². The maximum Gasteiger partial charge on any atom is 0.119 e. The Morgan fingerprint density at radius 2 is 1.84 bits per heavy atom. The van der Waals surface area contributed by atoms with E-state index in [1.54, 1.807) is 12.6 Å². The van der Waals surface area contributed by atoms with E-state index in [0.717, 1.165) is 21.3 Å². The van der Waals surface area contributed by atoms with E-state index in [9.17, 15) is 0 Å². The van der Waals surface area contributed by atoms with Gasteiger partial charge in [-0.25, -0.2) is 0 Å². The monoisotopic (exact) mass is 335 g/mol. The van der Waals surface area contributed by atoms with Gasteiger partial charge in [0.2, 0.25) is 0 Å². The number of hydrogen-bond acceptors (Lipinski definition) is 2. The Kier molecular flexibility index (Phi) is 4.93. The summed E-state index contributed by atoms with van der Waals surface area (Å²) in [5.74, 6) is 0.837. The lowest BCUT2D eigenvalue weighted by atomic mass is 9.99. The number of rotatable bonds is 5. The number of nitrogens with one attached hydrogen (secondary N) is 1. The standard InChI is InChI=1S/C15H14BrNOS/c1-18-14-7-3-5-12(9-14)15(17-10-19)11-4-2-6-13(16)8-11/h2-10,15H,1H3,(H,17,19). The quantitative estimate of drug-likeness (QED) is 0.831. The predicted molar refractivity (Wildman–Crippen MR) is 85.8 cm³/mol. The highest BCUT2D eigenvalue weighted by Gasteiger charge is 2.13. The van der Waals surface area contributed by atoms with Crippen LogP contribution < -0.4 is 10.1 Å². The van der Waals surface area contributed by atoms with Crippen LogP contribution in [-0.2, 0) is 0 Å². The molecule has 2 aromatic rings. The summed E-state index contributed by atoms with van der Waals surface area (Å²) in [6.07, 6.45) is 0. The summed E-state index contributed by atoms with van der Waals surface area (Å²) in [5, 5.41) is 3.21. The number of halogens is 1. The van der Waals surface area contributed by atoms with Gasteiger partial charge in [0.05, 0.1) is 18.6 Å². The molecule has 0 saturated heterocycles. The Balaban J connectivity index is 2.41. The average molecular weight is 336 g/mol. The predicted octanol–water partition coefficient (Wildman–Crippen LogP) is 4.09. The summed E-state index contributed by atoms with van der Waals surface area (Å²) in [5.41, 5.74) is 3.80. The van der Waals surface area contributed by atoms with Gasteiger partial charge in [0.1, 0.15) is 5.75 Å². The SMILES string of the molecule is COc1cccc(C(NC=S)c2cccc(Br)c2)c1. The first-order valence-electron chi connectivity index (χ1n) is 5.83. The van der Waals surface area contributed by atoms with Gasteiger partial charge in [0.15, 0.2) is 0 Å². The maximum atomic E-state index is 5.27. The van der Waals surface area contributed by atoms with E-state index in [1.807, 2.05) is 30.3 Å². The van der Waals surface area contributed by atoms with E-state index < -0.39 is 0 Å². The van der Waals surface area contributed by atoms with Crippen LogP contribution in [0.15, 0.2) is 53.0 Å². The molecule has 0 aromatic heterocycles. The molecule has 0 fully saturated rings. The molecule has 0 aliphatic heterocycles. The minimum absolute atomic E-state index is 0.0186. The van der Waals surface area contributed by atoms with Gasteiger partial charge in [0.25, 0.3) is 0 Å². The number of methoxy groups -OCH3 is 1. The van der Waals surface area contributed by atoms with Crippen molar-refractivity contribution >= 4 is 33.6 Å². The number of thiocarbonyl (C=S) groups is 1. The number of ether oxygens (including phenoxy) is 1. The fourth-order valence-corrected chi connectivity index (χ4v) is 2.51. The molecule has 4 heteroatoms. The molecule has 0 bridgehead atoms. The van der Waals surface area contributed by atoms with Gasteiger partial charge in [-0.15, -0.1) is 0 Å². The molecule has 1 N–H and O–H groups in total. The zero-order valence-electron chi connectivity index (χ0n) is 10.5. The van der Waals surface area contributed by atoms with E-state index >= 15 is 0 Å². The zero-order chi connectivity index (χ0) is 13.7. The van der Waals surface area contributed by atoms with Crippen LogP contribution in [0.5, 0.6) is 5.75 Å². The largest absolute Gasteiger partial charge is 0.497 e. The highest BCUT2D eigenvalue weighted by Crippen LogP contribution is 2.26. The highest BCUT2D eigenvalue weighted by atomic mass is 79.9. The molecule has 1 atom stereocenters. The third-order valence-corrected chi connectivity index (χ3v) is 3.47. The second kappa shape index (κ2) is 6.68. The highest BCUT2D eigenvalue weighted by molar-refractivity contribution is 9.10. The summed E-state index contributed by atoms with van der Waals surface area (Å²) in [6, 6.07) is 16.2. The molecular weight excluding hydrogens is 322 g/mol. The van der Waals surface area contributed by atoms with Crippen molar-refractivity contribution in [1.82, 2.24) is 5.32 Å². The minimum Gasteiger partial charge on any atom is -0.497 e. The molecule has 0 spiro atoms. The van der Waals surface area contributed by atoms with Gasteiger partial charge < -0.3 is 10.1 Å². The van der Waals surface area contributed by atoms with Crippen molar-refractivity contribution in [3.63, 3.8) is 0 Å². The fraction of sp³-hybridized carbons (Fsp3) is 0.133. The van der Waals surface area contributed by atoms with Gasteiger partial charge >= 0.3 is 0 Å². The van der Waals surface area contributed by atoms with Crippen LogP contribution in [0.25, 0.3) is 0 Å². The van der Waals surface area contributed by atoms with Gasteiger partial charge in [-0.3, -0.25) is 0 Å². The lowest BCUT2D eigenvalue weighted by molar-refractivity contribution is 0.414. The van der Waals surface area contributed by atoms with Crippen LogP contribution in [0.3, 0.4) is 0 Å². The molecule has 19 heavy (non-hydrogen) atoms. The van der Waals surface area contributed by atoms with Crippen LogP contribution in [0, 0.1) is 0 Å². The van der Waals surface area contributed by atoms with E-state index in [4.69, 9.17) is 17.0 Å². The van der Waals surface area contributed by atoms with E-state index in [-0.39, 0.29) is 6.04 Å². The Morgan fingerprint density at radius 3 is 2.47 bits per heavy atom. The minimum atomic E-state index is 0.0186. The van der Waals surface area contributed by atoms with Crippen LogP contribution in [0.1, 0.15) is 17.2 Å². The smallest absolute Gasteiger partial charge is 0.119 e. The summed E-state index contributed by atoms with van der Waals surface area (Å²) < 4.78 is 6.31. The molecule has 1 unspecified atom stereocenters. The third kappa shape index (κ3) is 3.55. The maximum absolute atomic E-state index is 5.27. The van der Waals surface area contributed by atoms with Gasteiger partial charge in [-0.05, 0) is 35.4 Å². The van der Waals surface area contributed by atoms with Crippen molar-refractivity contribution in [1.29, 1.82) is 0 Å². The normalized spacial score (nSPS) is 11.7. The molecule has 2 nitrogen and oxygen atoms in total. The van der Waals surface area contributed by atoms with Crippen molar-refractivity contribution < 1.29 is 4.74 Å². The van der Waals surface area contributed by atoms with Gasteiger partial charge in [-0.1, -0.05) is 52.4 Å².